The highest BCUT2D eigenvalue weighted by Gasteiger charge is 2.34. The Morgan fingerprint density at radius 3 is 2.92 bits per heavy atom. The molecule has 2 heterocycles. The molecule has 3 atom stereocenters. The van der Waals surface area contributed by atoms with Gasteiger partial charge in [-0.3, -0.25) is 4.79 Å². The lowest BCUT2D eigenvalue weighted by Crippen LogP contribution is -2.50. The van der Waals surface area contributed by atoms with Crippen molar-refractivity contribution in [2.75, 3.05) is 13.1 Å². The number of Topliss-reactive ketones (excluding diaryl/α,β-unsaturated/α-hetero) is 1. The SMILES string of the molecule is CC(=O)[C@@H]1CC[C@H]2CNCC2N1. The Morgan fingerprint density at radius 1 is 1.33 bits per heavy atom. The van der Waals surface area contributed by atoms with Gasteiger partial charge in [0.05, 0.1) is 6.04 Å². The first kappa shape index (κ1) is 8.20. The minimum absolute atomic E-state index is 0.131. The van der Waals surface area contributed by atoms with Gasteiger partial charge in [0.1, 0.15) is 5.78 Å². The average molecular weight is 168 g/mol. The van der Waals surface area contributed by atoms with Crippen molar-refractivity contribution in [1.82, 2.24) is 10.6 Å². The third-order valence-corrected chi connectivity index (χ3v) is 3.07. The van der Waals surface area contributed by atoms with Crippen LogP contribution in [0.5, 0.6) is 0 Å². The molecule has 2 fully saturated rings. The summed E-state index contributed by atoms with van der Waals surface area (Å²) >= 11 is 0. The summed E-state index contributed by atoms with van der Waals surface area (Å²) in [4.78, 5) is 11.1. The summed E-state index contributed by atoms with van der Waals surface area (Å²) in [5.74, 6) is 1.06. The molecule has 0 aliphatic carbocycles. The summed E-state index contributed by atoms with van der Waals surface area (Å²) in [7, 11) is 0. The molecule has 0 aromatic carbocycles. The van der Waals surface area contributed by atoms with Gasteiger partial charge in [-0.05, 0) is 32.2 Å². The van der Waals surface area contributed by atoms with E-state index in [1.54, 1.807) is 6.92 Å². The van der Waals surface area contributed by atoms with Crippen molar-refractivity contribution in [3.05, 3.63) is 0 Å². The van der Waals surface area contributed by atoms with Crippen LogP contribution >= 0.6 is 0 Å². The number of hydrogen-bond acceptors (Lipinski definition) is 3. The van der Waals surface area contributed by atoms with Crippen molar-refractivity contribution in [3.8, 4) is 0 Å². The van der Waals surface area contributed by atoms with Gasteiger partial charge in [0, 0.05) is 12.6 Å². The van der Waals surface area contributed by atoms with Crippen molar-refractivity contribution in [1.29, 1.82) is 0 Å². The predicted octanol–water partition coefficient (Wildman–Crippen LogP) is -0.0846. The first-order chi connectivity index (χ1) is 5.77. The highest BCUT2D eigenvalue weighted by Crippen LogP contribution is 2.22. The van der Waals surface area contributed by atoms with Crippen molar-refractivity contribution in [2.45, 2.75) is 31.8 Å². The van der Waals surface area contributed by atoms with Crippen LogP contribution in [0.4, 0.5) is 0 Å². The number of ketones is 1. The highest BCUT2D eigenvalue weighted by atomic mass is 16.1. The van der Waals surface area contributed by atoms with Gasteiger partial charge in [0.2, 0.25) is 0 Å². The molecule has 68 valence electrons. The zero-order valence-corrected chi connectivity index (χ0v) is 7.47. The summed E-state index contributed by atoms with van der Waals surface area (Å²) in [5, 5.41) is 6.75. The molecular formula is C9H16N2O. The van der Waals surface area contributed by atoms with E-state index >= 15 is 0 Å². The number of hydrogen-bond donors (Lipinski definition) is 2. The lowest BCUT2D eigenvalue weighted by Gasteiger charge is -2.31. The van der Waals surface area contributed by atoms with Crippen LogP contribution in [0.15, 0.2) is 0 Å². The number of fused-ring (bicyclic) bond motifs is 1. The lowest BCUT2D eigenvalue weighted by molar-refractivity contribution is -0.119. The Morgan fingerprint density at radius 2 is 2.17 bits per heavy atom. The molecule has 1 unspecified atom stereocenters. The molecule has 2 aliphatic rings. The van der Waals surface area contributed by atoms with Gasteiger partial charge < -0.3 is 10.6 Å². The van der Waals surface area contributed by atoms with Crippen LogP contribution in [0.2, 0.25) is 0 Å². The number of nitrogens with one attached hydrogen (secondary N) is 2. The molecule has 2 rings (SSSR count). The Balaban J connectivity index is 1.96. The number of carbonyl (C=O) groups excluding carboxylic acids is 1. The van der Waals surface area contributed by atoms with E-state index in [1.807, 2.05) is 0 Å². The molecule has 0 aromatic heterocycles. The summed E-state index contributed by atoms with van der Waals surface area (Å²) in [6.07, 6.45) is 2.23. The smallest absolute Gasteiger partial charge is 0.146 e. The Hall–Kier alpha value is -0.410. The summed E-state index contributed by atoms with van der Waals surface area (Å²) in [6.45, 7) is 3.84. The van der Waals surface area contributed by atoms with E-state index in [0.717, 1.165) is 25.4 Å². The van der Waals surface area contributed by atoms with E-state index in [4.69, 9.17) is 0 Å². The normalized spacial score (nSPS) is 40.9. The Bertz CT molecular complexity index is 193. The molecule has 0 spiro atoms. The van der Waals surface area contributed by atoms with Gasteiger partial charge in [-0.25, -0.2) is 0 Å². The minimum Gasteiger partial charge on any atom is -0.315 e. The topological polar surface area (TPSA) is 41.1 Å². The maximum absolute atomic E-state index is 11.1. The molecule has 2 N–H and O–H groups in total. The quantitative estimate of drug-likeness (QED) is 0.575. The summed E-state index contributed by atoms with van der Waals surface area (Å²) in [5.41, 5.74) is 0. The zero-order chi connectivity index (χ0) is 8.55. The second-order valence-electron chi connectivity index (χ2n) is 3.93. The monoisotopic (exact) mass is 168 g/mol. The van der Waals surface area contributed by atoms with Crippen LogP contribution in [0, 0.1) is 5.92 Å². The molecule has 12 heavy (non-hydrogen) atoms. The van der Waals surface area contributed by atoms with Gasteiger partial charge in [-0.2, -0.15) is 0 Å². The highest BCUT2D eigenvalue weighted by molar-refractivity contribution is 5.81. The second kappa shape index (κ2) is 3.15. The third kappa shape index (κ3) is 1.39. The van der Waals surface area contributed by atoms with Crippen LogP contribution in [0.3, 0.4) is 0 Å². The van der Waals surface area contributed by atoms with Crippen LogP contribution in [0.1, 0.15) is 19.8 Å². The van der Waals surface area contributed by atoms with Gasteiger partial charge in [0.25, 0.3) is 0 Å². The number of piperidine rings is 1. The maximum atomic E-state index is 11.1. The summed E-state index contributed by atoms with van der Waals surface area (Å²) < 4.78 is 0. The van der Waals surface area contributed by atoms with Crippen LogP contribution in [0.25, 0.3) is 0 Å². The fraction of sp³-hybridized carbons (Fsp3) is 0.889. The molecule has 0 aromatic rings. The molecule has 2 saturated heterocycles. The molecule has 0 amide bonds. The van der Waals surface area contributed by atoms with Gasteiger partial charge >= 0.3 is 0 Å². The van der Waals surface area contributed by atoms with E-state index < -0.39 is 0 Å². The van der Waals surface area contributed by atoms with Gasteiger partial charge in [0.15, 0.2) is 0 Å². The van der Waals surface area contributed by atoms with Crippen molar-refractivity contribution in [2.24, 2.45) is 5.92 Å². The largest absolute Gasteiger partial charge is 0.315 e. The molecule has 3 heteroatoms. The molecule has 0 bridgehead atoms. The standard InChI is InChI=1S/C9H16N2O/c1-6(12)8-3-2-7-4-10-5-9(7)11-8/h7-11H,2-5H2,1H3/t7-,8-,9?/m0/s1. The van der Waals surface area contributed by atoms with Crippen molar-refractivity contribution in [3.63, 3.8) is 0 Å². The summed E-state index contributed by atoms with van der Waals surface area (Å²) in [6, 6.07) is 0.679. The number of carbonyl (C=O) groups is 1. The molecule has 3 nitrogen and oxygen atoms in total. The lowest BCUT2D eigenvalue weighted by atomic mass is 9.89. The van der Waals surface area contributed by atoms with E-state index in [2.05, 4.69) is 10.6 Å². The predicted molar refractivity (Wildman–Crippen MR) is 47.0 cm³/mol. The molecule has 0 radical (unpaired) electrons. The van der Waals surface area contributed by atoms with Crippen LogP contribution in [-0.4, -0.2) is 31.0 Å². The van der Waals surface area contributed by atoms with Crippen molar-refractivity contribution < 1.29 is 4.79 Å². The van der Waals surface area contributed by atoms with Crippen LogP contribution in [-0.2, 0) is 4.79 Å². The molecular weight excluding hydrogens is 152 g/mol. The van der Waals surface area contributed by atoms with E-state index in [-0.39, 0.29) is 6.04 Å². The van der Waals surface area contributed by atoms with E-state index in [9.17, 15) is 4.79 Å². The minimum atomic E-state index is 0.131. The van der Waals surface area contributed by atoms with Gasteiger partial charge in [-0.15, -0.1) is 0 Å². The third-order valence-electron chi connectivity index (χ3n) is 3.07. The van der Waals surface area contributed by atoms with Gasteiger partial charge in [-0.1, -0.05) is 0 Å². The number of rotatable bonds is 1. The van der Waals surface area contributed by atoms with Crippen LogP contribution < -0.4 is 10.6 Å². The average Bonchev–Trinajstić information content (AvgIpc) is 2.49. The second-order valence-corrected chi connectivity index (χ2v) is 3.93. The molecule has 2 aliphatic heterocycles. The van der Waals surface area contributed by atoms with Crippen molar-refractivity contribution >= 4 is 5.78 Å². The van der Waals surface area contributed by atoms with E-state index in [1.165, 1.54) is 6.42 Å². The fourth-order valence-corrected chi connectivity index (χ4v) is 2.27. The maximum Gasteiger partial charge on any atom is 0.146 e. The zero-order valence-electron chi connectivity index (χ0n) is 7.47. The molecule has 0 saturated carbocycles. The Labute approximate surface area is 72.9 Å². The first-order valence-corrected chi connectivity index (χ1v) is 4.74. The van der Waals surface area contributed by atoms with E-state index in [0.29, 0.717) is 11.8 Å². The Kier molecular flexibility index (Phi) is 2.15. The first-order valence-electron chi connectivity index (χ1n) is 4.74. The fourth-order valence-electron chi connectivity index (χ4n) is 2.27.